The van der Waals surface area contributed by atoms with Crippen molar-refractivity contribution in [2.75, 3.05) is 11.4 Å². The van der Waals surface area contributed by atoms with E-state index in [0.717, 1.165) is 15.7 Å². The number of halogens is 1. The highest BCUT2D eigenvalue weighted by Crippen LogP contribution is 2.30. The molecule has 2 aromatic carbocycles. The fraction of sp³-hybridized carbons (Fsp3) is 0.125. The third-order valence-corrected chi connectivity index (χ3v) is 4.03. The lowest BCUT2D eigenvalue weighted by molar-refractivity contribution is 0.0696. The summed E-state index contributed by atoms with van der Waals surface area (Å²) in [6, 6.07) is 12.1. The van der Waals surface area contributed by atoms with Gasteiger partial charge >= 0.3 is 5.97 Å². The van der Waals surface area contributed by atoms with Gasteiger partial charge in [-0.15, -0.1) is 0 Å². The third-order valence-electron chi connectivity index (χ3n) is 3.54. The normalized spacial score (nSPS) is 13.1. The molecule has 0 saturated carbocycles. The van der Waals surface area contributed by atoms with Crippen LogP contribution < -0.4 is 4.90 Å². The first-order chi connectivity index (χ1) is 10.1. The zero-order valence-electron chi connectivity index (χ0n) is 11.0. The average Bonchev–Trinajstić information content (AvgIpc) is 2.89. The Morgan fingerprint density at radius 1 is 1.10 bits per heavy atom. The monoisotopic (exact) mass is 345 g/mol. The molecule has 0 fully saturated rings. The molecule has 21 heavy (non-hydrogen) atoms. The summed E-state index contributed by atoms with van der Waals surface area (Å²) in [7, 11) is 0. The SMILES string of the molecule is O=C(O)c1ccc2c(c1)CCN2C(=O)c1cccc(Br)c1. The van der Waals surface area contributed by atoms with Gasteiger partial charge in [-0.1, -0.05) is 22.0 Å². The van der Waals surface area contributed by atoms with Crippen LogP contribution in [0.15, 0.2) is 46.9 Å². The van der Waals surface area contributed by atoms with Crippen molar-refractivity contribution in [1.29, 1.82) is 0 Å². The highest BCUT2D eigenvalue weighted by Gasteiger charge is 2.26. The molecule has 0 spiro atoms. The van der Waals surface area contributed by atoms with E-state index in [2.05, 4.69) is 15.9 Å². The topological polar surface area (TPSA) is 57.6 Å². The van der Waals surface area contributed by atoms with E-state index in [1.54, 1.807) is 29.2 Å². The molecule has 0 unspecified atom stereocenters. The maximum Gasteiger partial charge on any atom is 0.335 e. The van der Waals surface area contributed by atoms with Crippen LogP contribution in [0.5, 0.6) is 0 Å². The lowest BCUT2D eigenvalue weighted by Crippen LogP contribution is -2.28. The number of carbonyl (C=O) groups is 2. The minimum Gasteiger partial charge on any atom is -0.478 e. The van der Waals surface area contributed by atoms with E-state index in [0.29, 0.717) is 18.5 Å². The van der Waals surface area contributed by atoms with Gasteiger partial charge in [0.2, 0.25) is 0 Å². The minimum absolute atomic E-state index is 0.0712. The number of amides is 1. The van der Waals surface area contributed by atoms with Crippen molar-refractivity contribution in [3.63, 3.8) is 0 Å². The van der Waals surface area contributed by atoms with Crippen molar-refractivity contribution >= 4 is 33.5 Å². The summed E-state index contributed by atoms with van der Waals surface area (Å²) in [5.41, 5.74) is 2.56. The van der Waals surface area contributed by atoms with Crippen molar-refractivity contribution in [3.8, 4) is 0 Å². The number of hydrogen-bond acceptors (Lipinski definition) is 2. The van der Waals surface area contributed by atoms with Gasteiger partial charge in [-0.3, -0.25) is 4.79 Å². The lowest BCUT2D eigenvalue weighted by Gasteiger charge is -2.17. The van der Waals surface area contributed by atoms with Gasteiger partial charge in [0, 0.05) is 22.3 Å². The molecule has 0 bridgehead atoms. The summed E-state index contributed by atoms with van der Waals surface area (Å²) in [5.74, 6) is -1.02. The summed E-state index contributed by atoms with van der Waals surface area (Å²) in [5, 5.41) is 9.01. The predicted molar refractivity (Wildman–Crippen MR) is 82.9 cm³/mol. The number of nitrogens with zero attached hydrogens (tertiary/aromatic N) is 1. The van der Waals surface area contributed by atoms with Gasteiger partial charge in [-0.05, 0) is 48.4 Å². The van der Waals surface area contributed by atoms with Crippen molar-refractivity contribution < 1.29 is 14.7 Å². The average molecular weight is 346 g/mol. The Balaban J connectivity index is 1.94. The standard InChI is InChI=1S/C16H12BrNO3/c17-13-3-1-2-11(9-13)15(19)18-7-6-10-8-12(16(20)21)4-5-14(10)18/h1-5,8-9H,6-7H2,(H,20,21). The molecule has 1 N–H and O–H groups in total. The van der Waals surface area contributed by atoms with Gasteiger partial charge in [-0.25, -0.2) is 4.79 Å². The Bertz CT molecular complexity index is 742. The van der Waals surface area contributed by atoms with Gasteiger partial charge in [0.05, 0.1) is 5.56 Å². The van der Waals surface area contributed by atoms with Gasteiger partial charge < -0.3 is 10.0 Å². The van der Waals surface area contributed by atoms with Crippen LogP contribution in [0.1, 0.15) is 26.3 Å². The number of fused-ring (bicyclic) bond motifs is 1. The number of carboxylic acids is 1. The number of aromatic carboxylic acids is 1. The summed E-state index contributed by atoms with van der Waals surface area (Å²) in [4.78, 5) is 25.3. The van der Waals surface area contributed by atoms with Gasteiger partial charge in [0.1, 0.15) is 0 Å². The van der Waals surface area contributed by atoms with Crippen LogP contribution >= 0.6 is 15.9 Å². The van der Waals surface area contributed by atoms with E-state index in [9.17, 15) is 9.59 Å². The number of carboxylic acid groups (broad SMARTS) is 1. The van der Waals surface area contributed by atoms with E-state index in [1.807, 2.05) is 12.1 Å². The van der Waals surface area contributed by atoms with E-state index in [-0.39, 0.29) is 11.5 Å². The van der Waals surface area contributed by atoms with Crippen LogP contribution in [0.2, 0.25) is 0 Å². The first-order valence-corrected chi connectivity index (χ1v) is 7.29. The first kappa shape index (κ1) is 13.8. The minimum atomic E-state index is -0.949. The number of benzene rings is 2. The second kappa shape index (κ2) is 5.33. The molecule has 0 saturated heterocycles. The highest BCUT2D eigenvalue weighted by atomic mass is 79.9. The number of hydrogen-bond donors (Lipinski definition) is 1. The smallest absolute Gasteiger partial charge is 0.335 e. The van der Waals surface area contributed by atoms with Crippen LogP contribution in [-0.2, 0) is 6.42 Å². The molecule has 0 atom stereocenters. The van der Waals surface area contributed by atoms with Crippen molar-refractivity contribution in [3.05, 3.63) is 63.6 Å². The van der Waals surface area contributed by atoms with Gasteiger partial charge in [0.15, 0.2) is 0 Å². The van der Waals surface area contributed by atoms with Crippen molar-refractivity contribution in [2.45, 2.75) is 6.42 Å². The number of rotatable bonds is 2. The number of anilines is 1. The third kappa shape index (κ3) is 2.56. The Morgan fingerprint density at radius 2 is 1.90 bits per heavy atom. The van der Waals surface area contributed by atoms with Crippen LogP contribution in [0.4, 0.5) is 5.69 Å². The highest BCUT2D eigenvalue weighted by molar-refractivity contribution is 9.10. The molecule has 1 heterocycles. The molecular formula is C16H12BrNO3. The Hall–Kier alpha value is -2.14. The second-order valence-electron chi connectivity index (χ2n) is 4.87. The first-order valence-electron chi connectivity index (χ1n) is 6.50. The molecule has 2 aromatic rings. The van der Waals surface area contributed by atoms with E-state index < -0.39 is 5.97 Å². The zero-order valence-corrected chi connectivity index (χ0v) is 12.6. The quantitative estimate of drug-likeness (QED) is 0.907. The van der Waals surface area contributed by atoms with Crippen molar-refractivity contribution in [1.82, 2.24) is 0 Å². The molecule has 0 radical (unpaired) electrons. The van der Waals surface area contributed by atoms with Crippen LogP contribution in [-0.4, -0.2) is 23.5 Å². The van der Waals surface area contributed by atoms with Crippen molar-refractivity contribution in [2.24, 2.45) is 0 Å². The van der Waals surface area contributed by atoms with Gasteiger partial charge in [0.25, 0.3) is 5.91 Å². The summed E-state index contributed by atoms with van der Waals surface area (Å²) in [6.07, 6.45) is 0.677. The molecule has 1 aliphatic heterocycles. The zero-order chi connectivity index (χ0) is 15.0. The molecule has 4 nitrogen and oxygen atoms in total. The molecule has 5 heteroatoms. The van der Waals surface area contributed by atoms with E-state index in [1.165, 1.54) is 6.07 Å². The summed E-state index contributed by atoms with van der Waals surface area (Å²) in [6.45, 7) is 0.573. The molecule has 0 aromatic heterocycles. The summed E-state index contributed by atoms with van der Waals surface area (Å²) < 4.78 is 0.856. The molecule has 3 rings (SSSR count). The van der Waals surface area contributed by atoms with Crippen LogP contribution in [0, 0.1) is 0 Å². The fourth-order valence-corrected chi connectivity index (χ4v) is 2.92. The number of carbonyl (C=O) groups excluding carboxylic acids is 1. The largest absolute Gasteiger partial charge is 0.478 e. The Morgan fingerprint density at radius 3 is 2.62 bits per heavy atom. The Kier molecular flexibility index (Phi) is 3.51. The van der Waals surface area contributed by atoms with E-state index >= 15 is 0 Å². The fourth-order valence-electron chi connectivity index (χ4n) is 2.52. The van der Waals surface area contributed by atoms with Gasteiger partial charge in [-0.2, -0.15) is 0 Å². The lowest BCUT2D eigenvalue weighted by atomic mass is 10.1. The maximum absolute atomic E-state index is 12.6. The van der Waals surface area contributed by atoms with Crippen LogP contribution in [0.3, 0.4) is 0 Å². The molecule has 1 aliphatic rings. The van der Waals surface area contributed by atoms with E-state index in [4.69, 9.17) is 5.11 Å². The maximum atomic E-state index is 12.6. The molecular weight excluding hydrogens is 334 g/mol. The Labute approximate surface area is 130 Å². The second-order valence-corrected chi connectivity index (χ2v) is 5.78. The summed E-state index contributed by atoms with van der Waals surface area (Å²) >= 11 is 3.36. The van der Waals surface area contributed by atoms with Crippen LogP contribution in [0.25, 0.3) is 0 Å². The molecule has 0 aliphatic carbocycles. The molecule has 1 amide bonds. The molecule has 106 valence electrons. The predicted octanol–water partition coefficient (Wildman–Crippen LogP) is 3.35.